The molecular weight excluding hydrogens is 446 g/mol. The Morgan fingerprint density at radius 1 is 1.23 bits per heavy atom. The number of hydrogen-bond acceptors (Lipinski definition) is 7. The lowest BCUT2D eigenvalue weighted by Crippen LogP contribution is -2.62. The maximum Gasteiger partial charge on any atom is 0.260 e. The molecular formula is C25H23N7O3. The van der Waals surface area contributed by atoms with Gasteiger partial charge in [-0.15, -0.1) is 0 Å². The highest BCUT2D eigenvalue weighted by Crippen LogP contribution is 2.27. The van der Waals surface area contributed by atoms with E-state index in [0.29, 0.717) is 30.3 Å². The standard InChI is InChI=1S/C25H23N7O3/c1-25(34)14-32(15-25)22(33)13-35-19-6-4-18(5-7-19)28-23-24-26-8-9-31(24)12-21(29-23)16-2-3-17-11-27-30-20(17)10-16/h2-12,34H,13-15H2,1H3,(H,27,30)(H,28,29). The predicted molar refractivity (Wildman–Crippen MR) is 130 cm³/mol. The maximum atomic E-state index is 12.2. The molecule has 1 aliphatic heterocycles. The number of hydrogen-bond donors (Lipinski definition) is 3. The summed E-state index contributed by atoms with van der Waals surface area (Å²) in [6, 6.07) is 13.3. The number of rotatable bonds is 6. The molecule has 0 radical (unpaired) electrons. The number of aliphatic hydroxyl groups is 1. The van der Waals surface area contributed by atoms with Gasteiger partial charge in [-0.1, -0.05) is 12.1 Å². The number of carbonyl (C=O) groups is 1. The van der Waals surface area contributed by atoms with Gasteiger partial charge in [-0.25, -0.2) is 9.97 Å². The molecule has 1 saturated heterocycles. The number of benzene rings is 2. The van der Waals surface area contributed by atoms with Gasteiger partial charge in [0.05, 0.1) is 36.1 Å². The number of anilines is 2. The fourth-order valence-corrected chi connectivity index (χ4v) is 4.21. The summed E-state index contributed by atoms with van der Waals surface area (Å²) in [6.07, 6.45) is 7.34. The summed E-state index contributed by atoms with van der Waals surface area (Å²) in [7, 11) is 0. The Labute approximate surface area is 200 Å². The molecule has 3 N–H and O–H groups in total. The number of carbonyl (C=O) groups excluding carboxylic acids is 1. The zero-order chi connectivity index (χ0) is 24.0. The van der Waals surface area contributed by atoms with Crippen LogP contribution in [0, 0.1) is 0 Å². The quantitative estimate of drug-likeness (QED) is 0.350. The number of imidazole rings is 1. The number of aromatic nitrogens is 5. The van der Waals surface area contributed by atoms with Crippen molar-refractivity contribution in [1.29, 1.82) is 0 Å². The summed E-state index contributed by atoms with van der Waals surface area (Å²) >= 11 is 0. The van der Waals surface area contributed by atoms with Gasteiger partial charge in [0.25, 0.3) is 5.91 Å². The van der Waals surface area contributed by atoms with Crippen LogP contribution in [0.25, 0.3) is 27.8 Å². The molecule has 1 aliphatic rings. The topological polar surface area (TPSA) is 121 Å². The van der Waals surface area contributed by atoms with E-state index in [0.717, 1.165) is 27.8 Å². The number of ether oxygens (including phenoxy) is 1. The van der Waals surface area contributed by atoms with Crippen molar-refractivity contribution in [2.45, 2.75) is 12.5 Å². The number of amides is 1. The molecule has 6 rings (SSSR count). The SMILES string of the molecule is CC1(O)CN(C(=O)COc2ccc(Nc3nc(-c4ccc5cn[nH]c5c4)cn4ccnc34)cc2)C1. The first kappa shape index (κ1) is 21.1. The van der Waals surface area contributed by atoms with E-state index in [4.69, 9.17) is 9.72 Å². The van der Waals surface area contributed by atoms with E-state index in [-0.39, 0.29) is 12.5 Å². The van der Waals surface area contributed by atoms with Crippen molar-refractivity contribution >= 4 is 34.0 Å². The molecule has 0 saturated carbocycles. The Morgan fingerprint density at radius 2 is 2.06 bits per heavy atom. The number of H-pyrrole nitrogens is 1. The normalized spacial score (nSPS) is 14.7. The van der Waals surface area contributed by atoms with Crippen molar-refractivity contribution in [1.82, 2.24) is 29.5 Å². The smallest absolute Gasteiger partial charge is 0.260 e. The van der Waals surface area contributed by atoms with Crippen LogP contribution in [0.1, 0.15) is 6.92 Å². The molecule has 10 nitrogen and oxygen atoms in total. The van der Waals surface area contributed by atoms with E-state index < -0.39 is 5.60 Å². The average molecular weight is 470 g/mol. The number of likely N-dealkylation sites (tertiary alicyclic amines) is 1. The first-order chi connectivity index (χ1) is 16.9. The van der Waals surface area contributed by atoms with Crippen molar-refractivity contribution in [2.24, 2.45) is 0 Å². The van der Waals surface area contributed by atoms with Gasteiger partial charge in [0, 0.05) is 35.2 Å². The summed E-state index contributed by atoms with van der Waals surface area (Å²) in [4.78, 5) is 23.0. The number of β-amino-alcohol motifs (C(OH)–C–C–N with tert-alkyl or cyclic N) is 1. The van der Waals surface area contributed by atoms with Gasteiger partial charge in [-0.3, -0.25) is 9.89 Å². The van der Waals surface area contributed by atoms with Gasteiger partial charge >= 0.3 is 0 Å². The molecule has 2 aromatic carbocycles. The van der Waals surface area contributed by atoms with E-state index in [9.17, 15) is 9.90 Å². The van der Waals surface area contributed by atoms with Crippen LogP contribution in [0.5, 0.6) is 5.75 Å². The Balaban J connectivity index is 1.19. The molecule has 1 amide bonds. The molecule has 0 spiro atoms. The van der Waals surface area contributed by atoms with Crippen LogP contribution >= 0.6 is 0 Å². The largest absolute Gasteiger partial charge is 0.484 e. The van der Waals surface area contributed by atoms with Crippen molar-refractivity contribution in [2.75, 3.05) is 25.0 Å². The van der Waals surface area contributed by atoms with Gasteiger partial charge in [-0.05, 0) is 37.3 Å². The molecule has 0 aliphatic carbocycles. The van der Waals surface area contributed by atoms with Crippen LogP contribution in [0.15, 0.2) is 67.3 Å². The summed E-state index contributed by atoms with van der Waals surface area (Å²) < 4.78 is 7.55. The Bertz CT molecular complexity index is 1530. The molecule has 0 atom stereocenters. The highest BCUT2D eigenvalue weighted by atomic mass is 16.5. The third-order valence-corrected chi connectivity index (χ3v) is 6.01. The summed E-state index contributed by atoms with van der Waals surface area (Å²) in [5.41, 5.74) is 3.41. The van der Waals surface area contributed by atoms with Crippen LogP contribution < -0.4 is 10.1 Å². The lowest BCUT2D eigenvalue weighted by molar-refractivity contribution is -0.154. The Morgan fingerprint density at radius 3 is 2.86 bits per heavy atom. The van der Waals surface area contributed by atoms with Crippen molar-refractivity contribution in [3.05, 3.63) is 67.3 Å². The first-order valence-electron chi connectivity index (χ1n) is 11.2. The number of fused-ring (bicyclic) bond motifs is 2. The van der Waals surface area contributed by atoms with Crippen LogP contribution in [0.4, 0.5) is 11.5 Å². The van der Waals surface area contributed by atoms with Gasteiger partial charge in [0.1, 0.15) is 5.75 Å². The minimum Gasteiger partial charge on any atom is -0.484 e. The highest BCUT2D eigenvalue weighted by Gasteiger charge is 2.39. The van der Waals surface area contributed by atoms with E-state index in [1.165, 1.54) is 0 Å². The first-order valence-corrected chi connectivity index (χ1v) is 11.2. The van der Waals surface area contributed by atoms with Gasteiger partial charge in [0.15, 0.2) is 18.1 Å². The lowest BCUT2D eigenvalue weighted by atomic mass is 9.97. The molecule has 10 heteroatoms. The minimum atomic E-state index is -0.791. The molecule has 1 fully saturated rings. The van der Waals surface area contributed by atoms with E-state index >= 15 is 0 Å². The monoisotopic (exact) mass is 469 g/mol. The molecule has 0 bridgehead atoms. The molecule has 0 unspecified atom stereocenters. The van der Waals surface area contributed by atoms with E-state index in [1.807, 2.05) is 47.1 Å². The Kier molecular flexibility index (Phi) is 4.89. The second kappa shape index (κ2) is 8.10. The second-order valence-electron chi connectivity index (χ2n) is 8.99. The minimum absolute atomic E-state index is 0.0676. The van der Waals surface area contributed by atoms with Crippen molar-refractivity contribution < 1.29 is 14.6 Å². The lowest BCUT2D eigenvalue weighted by Gasteiger charge is -2.43. The summed E-state index contributed by atoms with van der Waals surface area (Å²) in [5.74, 6) is 1.05. The molecule has 3 aromatic heterocycles. The van der Waals surface area contributed by atoms with Gasteiger partial charge < -0.3 is 24.5 Å². The highest BCUT2D eigenvalue weighted by molar-refractivity contribution is 5.84. The van der Waals surface area contributed by atoms with Gasteiger partial charge in [-0.2, -0.15) is 5.10 Å². The molecule has 176 valence electrons. The average Bonchev–Trinajstić information content (AvgIpc) is 3.50. The van der Waals surface area contributed by atoms with Crippen LogP contribution in [0.2, 0.25) is 0 Å². The van der Waals surface area contributed by atoms with Crippen LogP contribution in [-0.2, 0) is 4.79 Å². The Hall–Kier alpha value is -4.44. The van der Waals surface area contributed by atoms with Crippen molar-refractivity contribution in [3.8, 4) is 17.0 Å². The summed E-state index contributed by atoms with van der Waals surface area (Å²) in [6.45, 7) is 2.31. The zero-order valence-electron chi connectivity index (χ0n) is 19.0. The fourth-order valence-electron chi connectivity index (χ4n) is 4.21. The number of aromatic amines is 1. The van der Waals surface area contributed by atoms with E-state index in [2.05, 4.69) is 20.5 Å². The third kappa shape index (κ3) is 4.15. The molecule has 5 aromatic rings. The number of nitrogens with zero attached hydrogens (tertiary/aromatic N) is 5. The van der Waals surface area contributed by atoms with Crippen molar-refractivity contribution in [3.63, 3.8) is 0 Å². The summed E-state index contributed by atoms with van der Waals surface area (Å²) in [5, 5.41) is 21.2. The van der Waals surface area contributed by atoms with Crippen LogP contribution in [-0.4, -0.2) is 65.8 Å². The molecule has 35 heavy (non-hydrogen) atoms. The number of nitrogens with one attached hydrogen (secondary N) is 2. The van der Waals surface area contributed by atoms with Gasteiger partial charge in [0.2, 0.25) is 0 Å². The third-order valence-electron chi connectivity index (χ3n) is 6.01. The van der Waals surface area contributed by atoms with E-state index in [1.54, 1.807) is 36.4 Å². The van der Waals surface area contributed by atoms with Crippen LogP contribution in [0.3, 0.4) is 0 Å². The molecule has 4 heterocycles. The second-order valence-corrected chi connectivity index (χ2v) is 8.99. The fraction of sp³-hybridized carbons (Fsp3) is 0.200. The zero-order valence-corrected chi connectivity index (χ0v) is 19.0. The predicted octanol–water partition coefficient (Wildman–Crippen LogP) is 2.99. The maximum absolute atomic E-state index is 12.2.